The number of halogens is 2. The zero-order valence-electron chi connectivity index (χ0n) is 9.91. The summed E-state index contributed by atoms with van der Waals surface area (Å²) in [6, 6.07) is 11.2. The fourth-order valence-corrected chi connectivity index (χ4v) is 1.93. The van der Waals surface area contributed by atoms with Crippen LogP contribution < -0.4 is 0 Å². The van der Waals surface area contributed by atoms with E-state index in [2.05, 4.69) is 0 Å². The van der Waals surface area contributed by atoms with Crippen LogP contribution in [0.1, 0.15) is 28.4 Å². The maximum absolute atomic E-state index is 13.6. The molecular weight excluding hydrogens is 251 g/mol. The molecule has 0 radical (unpaired) electrons. The van der Waals surface area contributed by atoms with E-state index >= 15 is 0 Å². The molecule has 0 aliphatic heterocycles. The van der Waals surface area contributed by atoms with Crippen molar-refractivity contribution in [3.8, 4) is 0 Å². The number of aryl methyl sites for hydroxylation is 1. The molecule has 0 aliphatic carbocycles. The van der Waals surface area contributed by atoms with Crippen molar-refractivity contribution in [2.45, 2.75) is 13.3 Å². The predicted molar refractivity (Wildman–Crippen MR) is 70.7 cm³/mol. The van der Waals surface area contributed by atoms with E-state index in [0.717, 1.165) is 12.0 Å². The lowest BCUT2D eigenvalue weighted by Gasteiger charge is -2.05. The molecule has 2 rings (SSSR count). The zero-order valence-corrected chi connectivity index (χ0v) is 10.7. The molecule has 0 heterocycles. The quantitative estimate of drug-likeness (QED) is 0.755. The number of carbonyl (C=O) groups is 1. The first-order valence-electron chi connectivity index (χ1n) is 5.70. The molecule has 0 spiro atoms. The smallest absolute Gasteiger partial charge is 0.196 e. The molecule has 0 atom stereocenters. The van der Waals surface area contributed by atoms with Gasteiger partial charge in [-0.1, -0.05) is 36.7 Å². The minimum Gasteiger partial charge on any atom is -0.288 e. The Morgan fingerprint density at radius 2 is 2.00 bits per heavy atom. The first kappa shape index (κ1) is 12.8. The number of carbonyl (C=O) groups excluding carboxylic acids is 1. The van der Waals surface area contributed by atoms with Crippen molar-refractivity contribution in [2.24, 2.45) is 0 Å². The molecule has 0 N–H and O–H groups in total. The van der Waals surface area contributed by atoms with Crippen LogP contribution in [0.2, 0.25) is 5.02 Å². The van der Waals surface area contributed by atoms with Crippen molar-refractivity contribution in [3.05, 3.63) is 70.0 Å². The van der Waals surface area contributed by atoms with Crippen molar-refractivity contribution in [1.82, 2.24) is 0 Å². The summed E-state index contributed by atoms with van der Waals surface area (Å²) in [5.41, 5.74) is 1.54. The van der Waals surface area contributed by atoms with Gasteiger partial charge in [-0.2, -0.15) is 0 Å². The van der Waals surface area contributed by atoms with Crippen LogP contribution in [0.25, 0.3) is 0 Å². The van der Waals surface area contributed by atoms with Gasteiger partial charge in [0, 0.05) is 10.6 Å². The number of hydrogen-bond donors (Lipinski definition) is 0. The molecule has 0 bridgehead atoms. The number of ketones is 1. The summed E-state index contributed by atoms with van der Waals surface area (Å²) in [6.07, 6.45) is 0.832. The summed E-state index contributed by atoms with van der Waals surface area (Å²) in [5.74, 6) is -0.892. The lowest BCUT2D eigenvalue weighted by atomic mass is 10.0. The van der Waals surface area contributed by atoms with Gasteiger partial charge >= 0.3 is 0 Å². The number of rotatable bonds is 3. The van der Waals surface area contributed by atoms with Crippen molar-refractivity contribution in [1.29, 1.82) is 0 Å². The SMILES string of the molecule is CCc1cccc(C(=O)c2cc(Cl)ccc2F)c1. The summed E-state index contributed by atoms with van der Waals surface area (Å²) >= 11 is 5.79. The lowest BCUT2D eigenvalue weighted by molar-refractivity contribution is 0.103. The van der Waals surface area contributed by atoms with Crippen molar-refractivity contribution in [3.63, 3.8) is 0 Å². The second-order valence-electron chi connectivity index (χ2n) is 4.01. The minimum atomic E-state index is -0.550. The summed E-state index contributed by atoms with van der Waals surface area (Å²) in [6.45, 7) is 2.00. The van der Waals surface area contributed by atoms with Crippen LogP contribution in [-0.4, -0.2) is 5.78 Å². The molecule has 0 aliphatic rings. The van der Waals surface area contributed by atoms with Gasteiger partial charge in [-0.05, 0) is 36.2 Å². The molecule has 1 nitrogen and oxygen atoms in total. The average molecular weight is 263 g/mol. The summed E-state index contributed by atoms with van der Waals surface area (Å²) in [7, 11) is 0. The lowest BCUT2D eigenvalue weighted by Crippen LogP contribution is -2.04. The van der Waals surface area contributed by atoms with E-state index in [1.165, 1.54) is 18.2 Å². The second kappa shape index (κ2) is 5.32. The standard InChI is InChI=1S/C15H12ClFO/c1-2-10-4-3-5-11(8-10)15(18)13-9-12(16)6-7-14(13)17/h3-9H,2H2,1H3. The maximum atomic E-state index is 13.6. The van der Waals surface area contributed by atoms with Gasteiger partial charge in [0.25, 0.3) is 0 Å². The van der Waals surface area contributed by atoms with E-state index in [4.69, 9.17) is 11.6 Å². The molecule has 0 fully saturated rings. The first-order chi connectivity index (χ1) is 8.61. The van der Waals surface area contributed by atoms with Crippen molar-refractivity contribution < 1.29 is 9.18 Å². The van der Waals surface area contributed by atoms with Crippen molar-refractivity contribution >= 4 is 17.4 Å². The highest BCUT2D eigenvalue weighted by Crippen LogP contribution is 2.19. The molecule has 0 amide bonds. The molecule has 2 aromatic rings. The average Bonchev–Trinajstić information content (AvgIpc) is 2.41. The van der Waals surface area contributed by atoms with Crippen LogP contribution in [0.3, 0.4) is 0 Å². The van der Waals surface area contributed by atoms with E-state index < -0.39 is 5.82 Å². The highest BCUT2D eigenvalue weighted by Gasteiger charge is 2.14. The van der Waals surface area contributed by atoms with E-state index in [0.29, 0.717) is 10.6 Å². The number of benzene rings is 2. The van der Waals surface area contributed by atoms with E-state index in [1.54, 1.807) is 18.2 Å². The molecule has 2 aromatic carbocycles. The molecular formula is C15H12ClFO. The molecule has 0 saturated heterocycles. The first-order valence-corrected chi connectivity index (χ1v) is 6.08. The monoisotopic (exact) mass is 262 g/mol. The third-order valence-corrected chi connectivity index (χ3v) is 3.01. The fraction of sp³-hybridized carbons (Fsp3) is 0.133. The third kappa shape index (κ3) is 2.59. The largest absolute Gasteiger partial charge is 0.288 e. The van der Waals surface area contributed by atoms with Gasteiger partial charge in [0.05, 0.1) is 5.56 Å². The van der Waals surface area contributed by atoms with Crippen LogP contribution in [0.5, 0.6) is 0 Å². The summed E-state index contributed by atoms with van der Waals surface area (Å²) in [5, 5.41) is 0.353. The van der Waals surface area contributed by atoms with Crippen LogP contribution >= 0.6 is 11.6 Å². The Morgan fingerprint density at radius 1 is 1.22 bits per heavy atom. The fourth-order valence-electron chi connectivity index (χ4n) is 1.76. The molecule has 0 unspecified atom stereocenters. The Hall–Kier alpha value is -1.67. The van der Waals surface area contributed by atoms with Gasteiger partial charge < -0.3 is 0 Å². The van der Waals surface area contributed by atoms with Gasteiger partial charge in [0.2, 0.25) is 0 Å². The van der Waals surface area contributed by atoms with E-state index in [-0.39, 0.29) is 11.3 Å². The molecule has 0 aromatic heterocycles. The Morgan fingerprint density at radius 3 is 2.72 bits per heavy atom. The minimum absolute atomic E-state index is 0.00996. The molecule has 0 saturated carbocycles. The van der Waals surface area contributed by atoms with E-state index in [9.17, 15) is 9.18 Å². The number of hydrogen-bond acceptors (Lipinski definition) is 1. The van der Waals surface area contributed by atoms with Gasteiger partial charge in [-0.15, -0.1) is 0 Å². The molecule has 18 heavy (non-hydrogen) atoms. The summed E-state index contributed by atoms with van der Waals surface area (Å²) < 4.78 is 13.6. The van der Waals surface area contributed by atoms with Gasteiger partial charge in [0.1, 0.15) is 5.82 Å². The van der Waals surface area contributed by atoms with Crippen LogP contribution in [0.4, 0.5) is 4.39 Å². The second-order valence-corrected chi connectivity index (χ2v) is 4.44. The predicted octanol–water partition coefficient (Wildman–Crippen LogP) is 4.27. The Balaban J connectivity index is 2.44. The normalized spacial score (nSPS) is 10.4. The van der Waals surface area contributed by atoms with Crippen LogP contribution in [0, 0.1) is 5.82 Å². The highest BCUT2D eigenvalue weighted by molar-refractivity contribution is 6.31. The zero-order chi connectivity index (χ0) is 13.1. The highest BCUT2D eigenvalue weighted by atomic mass is 35.5. The Kier molecular flexibility index (Phi) is 3.78. The van der Waals surface area contributed by atoms with Gasteiger partial charge in [0.15, 0.2) is 5.78 Å². The van der Waals surface area contributed by atoms with E-state index in [1.807, 2.05) is 13.0 Å². The molecule has 3 heteroatoms. The summed E-state index contributed by atoms with van der Waals surface area (Å²) in [4.78, 5) is 12.2. The van der Waals surface area contributed by atoms with Crippen LogP contribution in [0.15, 0.2) is 42.5 Å². The van der Waals surface area contributed by atoms with Gasteiger partial charge in [-0.3, -0.25) is 4.79 Å². The topological polar surface area (TPSA) is 17.1 Å². The maximum Gasteiger partial charge on any atom is 0.196 e. The third-order valence-electron chi connectivity index (χ3n) is 2.77. The van der Waals surface area contributed by atoms with Gasteiger partial charge in [-0.25, -0.2) is 4.39 Å². The van der Waals surface area contributed by atoms with Crippen molar-refractivity contribution in [2.75, 3.05) is 0 Å². The Labute approximate surface area is 110 Å². The molecule has 92 valence electrons. The van der Waals surface area contributed by atoms with Crippen LogP contribution in [-0.2, 0) is 6.42 Å². The Bertz CT molecular complexity index is 593.